The van der Waals surface area contributed by atoms with Gasteiger partial charge in [-0.05, 0) is 25.1 Å². The maximum absolute atomic E-state index is 12.3. The summed E-state index contributed by atoms with van der Waals surface area (Å²) in [4.78, 5) is 12.3. The Hall–Kier alpha value is -2.95. The van der Waals surface area contributed by atoms with Gasteiger partial charge in [0.2, 0.25) is 18.3 Å². The van der Waals surface area contributed by atoms with Crippen LogP contribution in [-0.4, -0.2) is 26.8 Å². The fourth-order valence-corrected chi connectivity index (χ4v) is 2.50. The Kier molecular flexibility index (Phi) is 4.42. The fraction of sp³-hybridized carbons (Fsp3) is 0.211. The van der Waals surface area contributed by atoms with Gasteiger partial charge in [-0.1, -0.05) is 29.8 Å². The van der Waals surface area contributed by atoms with E-state index in [2.05, 4.69) is 0 Å². The third kappa shape index (κ3) is 2.93. The molecular formula is C19H18O5. The second-order valence-electron chi connectivity index (χ2n) is 5.33. The Morgan fingerprint density at radius 3 is 2.46 bits per heavy atom. The predicted molar refractivity (Wildman–Crippen MR) is 90.2 cm³/mol. The van der Waals surface area contributed by atoms with Crippen LogP contribution in [0.2, 0.25) is 0 Å². The monoisotopic (exact) mass is 326 g/mol. The molecule has 1 aliphatic rings. The lowest BCUT2D eigenvalue weighted by Gasteiger charge is -2.11. The molecule has 0 fully saturated rings. The van der Waals surface area contributed by atoms with E-state index in [1.807, 2.05) is 19.1 Å². The Bertz CT molecular complexity index is 790. The van der Waals surface area contributed by atoms with Crippen molar-refractivity contribution in [2.24, 2.45) is 0 Å². The Balaban J connectivity index is 1.94. The van der Waals surface area contributed by atoms with E-state index in [9.17, 15) is 4.79 Å². The second-order valence-corrected chi connectivity index (χ2v) is 5.33. The Morgan fingerprint density at radius 2 is 1.79 bits per heavy atom. The molecule has 0 N–H and O–H groups in total. The summed E-state index contributed by atoms with van der Waals surface area (Å²) < 4.78 is 21.6. The highest BCUT2D eigenvalue weighted by molar-refractivity contribution is 6.07. The molecule has 0 saturated carbocycles. The lowest BCUT2D eigenvalue weighted by molar-refractivity contribution is 0.104. The molecule has 5 nitrogen and oxygen atoms in total. The molecule has 0 aromatic heterocycles. The van der Waals surface area contributed by atoms with Crippen molar-refractivity contribution in [3.05, 3.63) is 53.1 Å². The summed E-state index contributed by atoms with van der Waals surface area (Å²) in [6, 6.07) is 9.18. The van der Waals surface area contributed by atoms with E-state index in [1.165, 1.54) is 6.08 Å². The van der Waals surface area contributed by atoms with E-state index in [0.29, 0.717) is 34.1 Å². The smallest absolute Gasteiger partial charge is 0.231 e. The third-order valence-electron chi connectivity index (χ3n) is 3.77. The topological polar surface area (TPSA) is 54.0 Å². The van der Waals surface area contributed by atoms with Crippen LogP contribution >= 0.6 is 0 Å². The van der Waals surface area contributed by atoms with E-state index < -0.39 is 0 Å². The van der Waals surface area contributed by atoms with Gasteiger partial charge in [-0.3, -0.25) is 4.79 Å². The molecule has 2 aromatic carbocycles. The minimum absolute atomic E-state index is 0.0892. The highest BCUT2D eigenvalue weighted by Crippen LogP contribution is 2.49. The van der Waals surface area contributed by atoms with Gasteiger partial charge in [0.05, 0.1) is 14.2 Å². The number of ketones is 1. The number of carbonyl (C=O) groups excluding carboxylic acids is 1. The Morgan fingerprint density at radius 1 is 1.08 bits per heavy atom. The predicted octanol–water partition coefficient (Wildman–Crippen LogP) is 3.64. The summed E-state index contributed by atoms with van der Waals surface area (Å²) in [5.74, 6) is 1.95. The summed E-state index contributed by atoms with van der Waals surface area (Å²) in [6.07, 6.45) is 3.19. The third-order valence-corrected chi connectivity index (χ3v) is 3.77. The van der Waals surface area contributed by atoms with Crippen LogP contribution in [0.5, 0.6) is 23.0 Å². The van der Waals surface area contributed by atoms with Crippen molar-refractivity contribution in [3.8, 4) is 23.0 Å². The number of allylic oxidation sites excluding steroid dienone is 1. The molecule has 1 heterocycles. The largest absolute Gasteiger partial charge is 0.493 e. The zero-order chi connectivity index (χ0) is 17.1. The lowest BCUT2D eigenvalue weighted by atomic mass is 10.1. The molecule has 5 heteroatoms. The molecule has 0 radical (unpaired) electrons. The summed E-state index contributed by atoms with van der Waals surface area (Å²) >= 11 is 0. The van der Waals surface area contributed by atoms with E-state index in [0.717, 1.165) is 5.56 Å². The minimum atomic E-state index is -0.0892. The minimum Gasteiger partial charge on any atom is -0.493 e. The van der Waals surface area contributed by atoms with E-state index in [4.69, 9.17) is 18.9 Å². The van der Waals surface area contributed by atoms with Crippen LogP contribution < -0.4 is 18.9 Å². The summed E-state index contributed by atoms with van der Waals surface area (Å²) in [5.41, 5.74) is 2.42. The number of carbonyl (C=O) groups is 1. The summed E-state index contributed by atoms with van der Waals surface area (Å²) in [5, 5.41) is 0. The normalized spacial score (nSPS) is 12.5. The quantitative estimate of drug-likeness (QED) is 0.620. The van der Waals surface area contributed by atoms with Crippen molar-refractivity contribution in [2.45, 2.75) is 6.92 Å². The van der Waals surface area contributed by atoms with Gasteiger partial charge in [0.1, 0.15) is 0 Å². The molecule has 0 unspecified atom stereocenters. The zero-order valence-corrected chi connectivity index (χ0v) is 13.8. The SMILES string of the molecule is COc1cc(/C=C/C(=O)c2ccc(C)cc2)c(OC)c2c1OCO2. The number of hydrogen-bond donors (Lipinski definition) is 0. The highest BCUT2D eigenvalue weighted by atomic mass is 16.7. The number of benzene rings is 2. The van der Waals surface area contributed by atoms with Gasteiger partial charge in [-0.15, -0.1) is 0 Å². The second kappa shape index (κ2) is 6.66. The van der Waals surface area contributed by atoms with Crippen molar-refractivity contribution in [1.29, 1.82) is 0 Å². The molecule has 3 rings (SSSR count). The van der Waals surface area contributed by atoms with Crippen LogP contribution in [0.4, 0.5) is 0 Å². The first kappa shape index (κ1) is 15.9. The van der Waals surface area contributed by atoms with E-state index >= 15 is 0 Å². The summed E-state index contributed by atoms with van der Waals surface area (Å²) in [6.45, 7) is 2.09. The number of hydrogen-bond acceptors (Lipinski definition) is 5. The van der Waals surface area contributed by atoms with Crippen LogP contribution in [0, 0.1) is 6.92 Å². The number of methoxy groups -OCH3 is 2. The lowest BCUT2D eigenvalue weighted by Crippen LogP contribution is -1.96. The molecule has 1 aliphatic heterocycles. The fourth-order valence-electron chi connectivity index (χ4n) is 2.50. The average Bonchev–Trinajstić information content (AvgIpc) is 3.08. The molecule has 24 heavy (non-hydrogen) atoms. The van der Waals surface area contributed by atoms with Crippen molar-refractivity contribution < 1.29 is 23.7 Å². The molecule has 2 aromatic rings. The van der Waals surface area contributed by atoms with E-state index in [1.54, 1.807) is 38.5 Å². The van der Waals surface area contributed by atoms with Crippen molar-refractivity contribution in [3.63, 3.8) is 0 Å². The van der Waals surface area contributed by atoms with Crippen molar-refractivity contribution in [1.82, 2.24) is 0 Å². The molecule has 0 aliphatic carbocycles. The first-order valence-corrected chi connectivity index (χ1v) is 7.47. The van der Waals surface area contributed by atoms with Crippen LogP contribution in [0.1, 0.15) is 21.5 Å². The van der Waals surface area contributed by atoms with Gasteiger partial charge >= 0.3 is 0 Å². The molecule has 0 bridgehead atoms. The number of ether oxygens (including phenoxy) is 4. The molecular weight excluding hydrogens is 308 g/mol. The van der Waals surface area contributed by atoms with Gasteiger partial charge in [-0.2, -0.15) is 0 Å². The maximum Gasteiger partial charge on any atom is 0.231 e. The first-order valence-electron chi connectivity index (χ1n) is 7.47. The summed E-state index contributed by atoms with van der Waals surface area (Å²) in [7, 11) is 3.09. The van der Waals surface area contributed by atoms with Gasteiger partial charge in [0.25, 0.3) is 0 Å². The first-order chi connectivity index (χ1) is 11.6. The van der Waals surface area contributed by atoms with Gasteiger partial charge in [0.15, 0.2) is 17.3 Å². The molecule has 0 saturated heterocycles. The maximum atomic E-state index is 12.3. The number of rotatable bonds is 5. The van der Waals surface area contributed by atoms with Crippen molar-refractivity contribution >= 4 is 11.9 Å². The molecule has 124 valence electrons. The standard InChI is InChI=1S/C19H18O5/c1-12-4-6-13(7-5-12)15(20)9-8-14-10-16(21-2)18-19(17(14)22-3)24-11-23-18/h4-10H,11H2,1-3H3/b9-8+. The number of aryl methyl sites for hydroxylation is 1. The van der Waals surface area contributed by atoms with Gasteiger partial charge < -0.3 is 18.9 Å². The van der Waals surface area contributed by atoms with Gasteiger partial charge in [-0.25, -0.2) is 0 Å². The average molecular weight is 326 g/mol. The van der Waals surface area contributed by atoms with Gasteiger partial charge in [0, 0.05) is 11.1 Å². The van der Waals surface area contributed by atoms with Crippen LogP contribution in [0.25, 0.3) is 6.08 Å². The molecule has 0 atom stereocenters. The molecule has 0 amide bonds. The van der Waals surface area contributed by atoms with Crippen LogP contribution in [-0.2, 0) is 0 Å². The Labute approximate surface area is 140 Å². The van der Waals surface area contributed by atoms with Crippen LogP contribution in [0.3, 0.4) is 0 Å². The highest BCUT2D eigenvalue weighted by Gasteiger charge is 2.26. The number of fused-ring (bicyclic) bond motifs is 1. The van der Waals surface area contributed by atoms with Crippen LogP contribution in [0.15, 0.2) is 36.4 Å². The van der Waals surface area contributed by atoms with E-state index in [-0.39, 0.29) is 12.6 Å². The van der Waals surface area contributed by atoms with Crippen molar-refractivity contribution in [2.75, 3.05) is 21.0 Å². The molecule has 0 spiro atoms. The zero-order valence-electron chi connectivity index (χ0n) is 13.8.